The van der Waals surface area contributed by atoms with Crippen LogP contribution < -0.4 is 11.2 Å². The van der Waals surface area contributed by atoms with E-state index < -0.39 is 29.2 Å². The summed E-state index contributed by atoms with van der Waals surface area (Å²) in [7, 11) is 0. The number of aliphatic hydroxyl groups is 1. The van der Waals surface area contributed by atoms with Crippen LogP contribution in [0.1, 0.15) is 49.8 Å². The van der Waals surface area contributed by atoms with Crippen molar-refractivity contribution in [2.24, 2.45) is 0 Å². The van der Waals surface area contributed by atoms with Crippen molar-refractivity contribution in [1.82, 2.24) is 24.6 Å². The summed E-state index contributed by atoms with van der Waals surface area (Å²) in [4.78, 5) is 58.0. The van der Waals surface area contributed by atoms with Gasteiger partial charge in [-0.15, -0.1) is 0 Å². The van der Waals surface area contributed by atoms with Gasteiger partial charge in [0.15, 0.2) is 5.82 Å². The number of carbonyl (C=O) groups excluding carboxylic acids is 2. The lowest BCUT2D eigenvalue weighted by Crippen LogP contribution is -2.38. The Morgan fingerprint density at radius 1 is 0.972 bits per heavy atom. The van der Waals surface area contributed by atoms with Gasteiger partial charge in [-0.1, -0.05) is 41.0 Å². The molecule has 0 bridgehead atoms. The molecule has 1 atom stereocenters. The Hall–Kier alpha value is -4.35. The van der Waals surface area contributed by atoms with Gasteiger partial charge in [0, 0.05) is 23.2 Å². The van der Waals surface area contributed by atoms with Gasteiger partial charge in [-0.25, -0.2) is 4.79 Å². The van der Waals surface area contributed by atoms with Crippen molar-refractivity contribution in [2.45, 2.75) is 25.6 Å². The van der Waals surface area contributed by atoms with E-state index in [9.17, 15) is 24.3 Å². The monoisotopic (exact) mass is 507 g/mol. The third-order valence-corrected chi connectivity index (χ3v) is 5.97. The Bertz CT molecular complexity index is 1520. The van der Waals surface area contributed by atoms with Gasteiger partial charge in [-0.05, 0) is 29.8 Å². The van der Waals surface area contributed by atoms with E-state index in [1.165, 1.54) is 0 Å². The minimum absolute atomic E-state index is 0.00555. The topological polar surface area (TPSA) is 151 Å². The lowest BCUT2D eigenvalue weighted by Gasteiger charge is -2.13. The standard InChI is InChI=1S/C24H18ClN5O6/c25-14-7-5-13(6-8-14)18(31)10-19-27-20(36-28-19)12-29-21(32)9-15(26-24(29)35)11-30-22(33)16-3-1-2-4-17(16)23(30)34/h1-9,18,31H,10-12H2,(H,26,35). The normalized spacial score (nSPS) is 13.8. The summed E-state index contributed by atoms with van der Waals surface area (Å²) in [6.45, 7) is -0.559. The summed E-state index contributed by atoms with van der Waals surface area (Å²) in [6.07, 6.45) is -0.851. The van der Waals surface area contributed by atoms with Crippen molar-refractivity contribution in [3.63, 3.8) is 0 Å². The van der Waals surface area contributed by atoms with Gasteiger partial charge in [0.2, 0.25) is 5.89 Å². The highest BCUT2D eigenvalue weighted by Gasteiger charge is 2.35. The van der Waals surface area contributed by atoms with E-state index in [1.54, 1.807) is 48.5 Å². The molecule has 2 amide bonds. The fraction of sp³-hybridized carbons (Fsp3) is 0.167. The summed E-state index contributed by atoms with van der Waals surface area (Å²) in [5.41, 5.74) is -0.181. The average Bonchev–Trinajstić information content (AvgIpc) is 3.40. The maximum atomic E-state index is 12.6. The Morgan fingerprint density at radius 2 is 1.64 bits per heavy atom. The second-order valence-corrected chi connectivity index (χ2v) is 8.58. The number of fused-ring (bicyclic) bond motifs is 1. The van der Waals surface area contributed by atoms with Gasteiger partial charge < -0.3 is 14.6 Å². The fourth-order valence-electron chi connectivity index (χ4n) is 3.90. The minimum Gasteiger partial charge on any atom is -0.388 e. The van der Waals surface area contributed by atoms with Crippen LogP contribution in [-0.2, 0) is 19.5 Å². The number of aromatic nitrogens is 4. The predicted molar refractivity (Wildman–Crippen MR) is 125 cm³/mol. The molecular weight excluding hydrogens is 490 g/mol. The van der Waals surface area contributed by atoms with Crippen LogP contribution in [-0.4, -0.2) is 41.5 Å². The molecule has 3 heterocycles. The molecule has 1 aliphatic heterocycles. The van der Waals surface area contributed by atoms with E-state index in [1.807, 2.05) is 0 Å². The van der Waals surface area contributed by atoms with Gasteiger partial charge in [0.25, 0.3) is 17.4 Å². The van der Waals surface area contributed by atoms with E-state index in [-0.39, 0.29) is 48.0 Å². The Labute approximate surface area is 207 Å². The number of benzene rings is 2. The molecule has 1 unspecified atom stereocenters. The van der Waals surface area contributed by atoms with Crippen molar-refractivity contribution in [2.75, 3.05) is 0 Å². The number of carbonyl (C=O) groups is 2. The van der Waals surface area contributed by atoms with Crippen LogP contribution in [0.5, 0.6) is 0 Å². The van der Waals surface area contributed by atoms with E-state index in [4.69, 9.17) is 16.1 Å². The fourth-order valence-corrected chi connectivity index (χ4v) is 4.03. The summed E-state index contributed by atoms with van der Waals surface area (Å²) in [5.74, 6) is -0.812. The van der Waals surface area contributed by atoms with Crippen molar-refractivity contribution >= 4 is 23.4 Å². The molecule has 2 N–H and O–H groups in total. The molecule has 5 rings (SSSR count). The van der Waals surface area contributed by atoms with Gasteiger partial charge >= 0.3 is 5.69 Å². The molecule has 2 aromatic heterocycles. The molecule has 182 valence electrons. The van der Waals surface area contributed by atoms with Crippen LogP contribution >= 0.6 is 11.6 Å². The highest BCUT2D eigenvalue weighted by atomic mass is 35.5. The summed E-state index contributed by atoms with van der Waals surface area (Å²) in [5, 5.41) is 14.7. The van der Waals surface area contributed by atoms with Crippen LogP contribution in [0.3, 0.4) is 0 Å². The van der Waals surface area contributed by atoms with Crippen LogP contribution in [0.25, 0.3) is 0 Å². The number of aliphatic hydroxyl groups excluding tert-OH is 1. The van der Waals surface area contributed by atoms with Crippen molar-refractivity contribution in [3.05, 3.63) is 115 Å². The third-order valence-electron chi connectivity index (χ3n) is 5.72. The Morgan fingerprint density at radius 3 is 2.28 bits per heavy atom. The molecule has 0 radical (unpaired) electrons. The lowest BCUT2D eigenvalue weighted by molar-refractivity contribution is 0.0640. The molecule has 0 fully saturated rings. The molecule has 4 aromatic rings. The van der Waals surface area contributed by atoms with E-state index in [0.717, 1.165) is 15.5 Å². The van der Waals surface area contributed by atoms with E-state index >= 15 is 0 Å². The van der Waals surface area contributed by atoms with Crippen molar-refractivity contribution in [1.29, 1.82) is 0 Å². The number of H-pyrrole nitrogens is 1. The summed E-state index contributed by atoms with van der Waals surface area (Å²) < 4.78 is 5.98. The second kappa shape index (κ2) is 9.36. The molecule has 36 heavy (non-hydrogen) atoms. The SMILES string of the molecule is O=C1c2ccccc2C(=O)N1Cc1cc(=O)n(Cc2nc(CC(O)c3ccc(Cl)cc3)no2)c(=O)[nH]1. The zero-order valence-corrected chi connectivity index (χ0v) is 19.3. The third kappa shape index (κ3) is 4.49. The molecule has 0 aliphatic carbocycles. The number of halogens is 1. The van der Waals surface area contributed by atoms with E-state index in [0.29, 0.717) is 10.6 Å². The number of nitrogens with zero attached hydrogens (tertiary/aromatic N) is 4. The Kier molecular flexibility index (Phi) is 6.08. The first-order valence-electron chi connectivity index (χ1n) is 10.8. The quantitative estimate of drug-likeness (QED) is 0.358. The zero-order valence-electron chi connectivity index (χ0n) is 18.6. The number of aromatic amines is 1. The Balaban J connectivity index is 1.29. The number of hydrogen-bond donors (Lipinski definition) is 2. The number of rotatable bonds is 7. The van der Waals surface area contributed by atoms with Gasteiger partial charge in [0.1, 0.15) is 6.54 Å². The van der Waals surface area contributed by atoms with E-state index in [2.05, 4.69) is 15.1 Å². The van der Waals surface area contributed by atoms with Gasteiger partial charge in [-0.3, -0.25) is 23.9 Å². The molecule has 1 aliphatic rings. The maximum absolute atomic E-state index is 12.6. The highest BCUT2D eigenvalue weighted by molar-refractivity contribution is 6.30. The molecule has 0 spiro atoms. The summed E-state index contributed by atoms with van der Waals surface area (Å²) in [6, 6.07) is 14.2. The summed E-state index contributed by atoms with van der Waals surface area (Å²) >= 11 is 5.86. The molecule has 11 nitrogen and oxygen atoms in total. The number of imide groups is 1. The number of hydrogen-bond acceptors (Lipinski definition) is 8. The smallest absolute Gasteiger partial charge is 0.329 e. The largest absolute Gasteiger partial charge is 0.388 e. The molecule has 0 saturated heterocycles. The van der Waals surface area contributed by atoms with Crippen molar-refractivity contribution < 1.29 is 19.2 Å². The first-order valence-corrected chi connectivity index (χ1v) is 11.2. The zero-order chi connectivity index (χ0) is 25.4. The average molecular weight is 508 g/mol. The molecule has 2 aromatic carbocycles. The second-order valence-electron chi connectivity index (χ2n) is 8.14. The molecular formula is C24H18ClN5O6. The first-order chi connectivity index (χ1) is 17.3. The molecule has 0 saturated carbocycles. The number of nitrogens with one attached hydrogen (secondary N) is 1. The lowest BCUT2D eigenvalue weighted by atomic mass is 10.1. The van der Waals surface area contributed by atoms with Gasteiger partial charge in [-0.2, -0.15) is 4.98 Å². The van der Waals surface area contributed by atoms with Crippen molar-refractivity contribution in [3.8, 4) is 0 Å². The van der Waals surface area contributed by atoms with Crippen LogP contribution in [0.4, 0.5) is 0 Å². The van der Waals surface area contributed by atoms with Crippen LogP contribution in [0.2, 0.25) is 5.02 Å². The van der Waals surface area contributed by atoms with Gasteiger partial charge in [0.05, 0.1) is 23.8 Å². The highest BCUT2D eigenvalue weighted by Crippen LogP contribution is 2.23. The van der Waals surface area contributed by atoms with Crippen LogP contribution in [0, 0.1) is 0 Å². The first kappa shape index (κ1) is 23.4. The molecule has 12 heteroatoms. The predicted octanol–water partition coefficient (Wildman–Crippen LogP) is 1.69. The maximum Gasteiger partial charge on any atom is 0.329 e. The minimum atomic E-state index is -0.903. The van der Waals surface area contributed by atoms with Crippen LogP contribution in [0.15, 0.2) is 68.7 Å². The number of amides is 2.